The Morgan fingerprint density at radius 2 is 1.67 bits per heavy atom. The molecule has 0 bridgehead atoms. The highest BCUT2D eigenvalue weighted by Gasteiger charge is 2.01. The fourth-order valence-electron chi connectivity index (χ4n) is 1.59. The number of nitrogen functional groups attached to an aromatic ring is 2. The highest BCUT2D eigenvalue weighted by atomic mass is 14.8. The molecule has 2 rings (SSSR count). The monoisotopic (exact) mass is 240 g/mol. The van der Waals surface area contributed by atoms with E-state index in [1.807, 2.05) is 36.4 Å². The Morgan fingerprint density at radius 1 is 0.944 bits per heavy atom. The smallest absolute Gasteiger partial charge is 0.126 e. The van der Waals surface area contributed by atoms with Gasteiger partial charge < -0.3 is 17.2 Å². The van der Waals surface area contributed by atoms with Gasteiger partial charge in [-0.2, -0.15) is 0 Å². The normalized spacial score (nSPS) is 11.4. The largest absolute Gasteiger partial charge is 0.397 e. The summed E-state index contributed by atoms with van der Waals surface area (Å²) in [4.78, 5) is 4.33. The van der Waals surface area contributed by atoms with E-state index in [1.54, 1.807) is 12.1 Å². The molecule has 2 aromatic carbocycles. The molecule has 92 valence electrons. The molecule has 0 aromatic heterocycles. The highest BCUT2D eigenvalue weighted by molar-refractivity contribution is 5.98. The topological polar surface area (TPSA) is 90.4 Å². The maximum absolute atomic E-state index is 5.92. The van der Waals surface area contributed by atoms with E-state index in [4.69, 9.17) is 17.2 Å². The van der Waals surface area contributed by atoms with Gasteiger partial charge in [0.15, 0.2) is 0 Å². The summed E-state index contributed by atoms with van der Waals surface area (Å²) in [5.41, 5.74) is 20.3. The number of amidine groups is 1. The van der Waals surface area contributed by atoms with Crippen LogP contribution in [0.3, 0.4) is 0 Å². The van der Waals surface area contributed by atoms with E-state index in [9.17, 15) is 0 Å². The third kappa shape index (κ3) is 2.79. The molecule has 0 saturated carbocycles. The van der Waals surface area contributed by atoms with Gasteiger partial charge in [-0.15, -0.1) is 0 Å². The van der Waals surface area contributed by atoms with Crippen molar-refractivity contribution < 1.29 is 0 Å². The zero-order valence-corrected chi connectivity index (χ0v) is 10.0. The van der Waals surface area contributed by atoms with Crippen LogP contribution in [0.4, 0.5) is 11.4 Å². The minimum absolute atomic E-state index is 0.463. The molecule has 0 aliphatic rings. The van der Waals surface area contributed by atoms with Crippen molar-refractivity contribution in [2.45, 2.75) is 6.54 Å². The van der Waals surface area contributed by atoms with E-state index < -0.39 is 0 Å². The van der Waals surface area contributed by atoms with Crippen molar-refractivity contribution in [1.29, 1.82) is 0 Å². The quantitative estimate of drug-likeness (QED) is 0.433. The van der Waals surface area contributed by atoms with Crippen molar-refractivity contribution in [1.82, 2.24) is 0 Å². The number of hydrogen-bond acceptors (Lipinski definition) is 3. The van der Waals surface area contributed by atoms with Crippen molar-refractivity contribution >= 4 is 17.2 Å². The molecule has 0 heterocycles. The van der Waals surface area contributed by atoms with Crippen LogP contribution < -0.4 is 17.2 Å². The van der Waals surface area contributed by atoms with Gasteiger partial charge in [-0.1, -0.05) is 30.3 Å². The first-order chi connectivity index (χ1) is 8.66. The van der Waals surface area contributed by atoms with Crippen LogP contribution in [0, 0.1) is 0 Å². The molecular weight excluding hydrogens is 224 g/mol. The van der Waals surface area contributed by atoms with Crippen molar-refractivity contribution in [3.8, 4) is 0 Å². The Hall–Kier alpha value is -2.49. The molecule has 0 radical (unpaired) electrons. The van der Waals surface area contributed by atoms with E-state index in [-0.39, 0.29) is 0 Å². The number of hydrogen-bond donors (Lipinski definition) is 3. The molecule has 4 nitrogen and oxygen atoms in total. The maximum atomic E-state index is 5.92. The molecule has 0 aliphatic carbocycles. The summed E-state index contributed by atoms with van der Waals surface area (Å²) < 4.78 is 0. The lowest BCUT2D eigenvalue weighted by Gasteiger charge is -2.05. The number of nitrogens with two attached hydrogens (primary N) is 3. The Balaban J connectivity index is 2.15. The van der Waals surface area contributed by atoms with Gasteiger partial charge in [0, 0.05) is 5.56 Å². The van der Waals surface area contributed by atoms with E-state index in [1.165, 1.54) is 0 Å². The number of anilines is 2. The molecule has 0 amide bonds. The Labute approximate surface area is 106 Å². The Kier molecular flexibility index (Phi) is 3.48. The molecule has 4 heteroatoms. The molecule has 0 unspecified atom stereocenters. The highest BCUT2D eigenvalue weighted by Crippen LogP contribution is 2.15. The van der Waals surface area contributed by atoms with E-state index in [0.717, 1.165) is 11.1 Å². The van der Waals surface area contributed by atoms with Crippen LogP contribution in [0.25, 0.3) is 0 Å². The van der Waals surface area contributed by atoms with Crippen molar-refractivity contribution in [2.24, 2.45) is 10.7 Å². The summed E-state index contributed by atoms with van der Waals surface area (Å²) in [5, 5.41) is 0. The second-order valence-corrected chi connectivity index (χ2v) is 4.03. The van der Waals surface area contributed by atoms with Gasteiger partial charge in [0.05, 0.1) is 17.9 Å². The lowest BCUT2D eigenvalue weighted by Crippen LogP contribution is -2.14. The first-order valence-electron chi connectivity index (χ1n) is 5.66. The molecule has 0 atom stereocenters. The van der Waals surface area contributed by atoms with Gasteiger partial charge >= 0.3 is 0 Å². The third-order valence-electron chi connectivity index (χ3n) is 2.66. The standard InChI is InChI=1S/C14H16N4/c15-12-7-6-11(8-13(12)16)14(17)18-9-10-4-2-1-3-5-10/h1-8H,9,15-16H2,(H2,17,18). The van der Waals surface area contributed by atoms with Crippen LogP contribution in [0.1, 0.15) is 11.1 Å². The zero-order chi connectivity index (χ0) is 13.0. The van der Waals surface area contributed by atoms with Crippen LogP contribution in [0.5, 0.6) is 0 Å². The summed E-state index contributed by atoms with van der Waals surface area (Å²) >= 11 is 0. The molecule has 6 N–H and O–H groups in total. The van der Waals surface area contributed by atoms with E-state index >= 15 is 0 Å². The predicted octanol–water partition coefficient (Wildman–Crippen LogP) is 1.76. The maximum Gasteiger partial charge on any atom is 0.126 e. The third-order valence-corrected chi connectivity index (χ3v) is 2.66. The van der Waals surface area contributed by atoms with Crippen LogP contribution in [-0.2, 0) is 6.54 Å². The second-order valence-electron chi connectivity index (χ2n) is 4.03. The molecule has 0 aliphatic heterocycles. The first-order valence-corrected chi connectivity index (χ1v) is 5.66. The van der Waals surface area contributed by atoms with Crippen LogP contribution in [-0.4, -0.2) is 5.84 Å². The fraction of sp³-hybridized carbons (Fsp3) is 0.0714. The summed E-state index contributed by atoms with van der Waals surface area (Å²) in [6.45, 7) is 0.553. The van der Waals surface area contributed by atoms with Gasteiger partial charge in [-0.25, -0.2) is 0 Å². The lowest BCUT2D eigenvalue weighted by atomic mass is 10.1. The minimum atomic E-state index is 0.463. The first kappa shape index (κ1) is 12.0. The SMILES string of the molecule is NC(=NCc1ccccc1)c1ccc(N)c(N)c1. The summed E-state index contributed by atoms with van der Waals surface area (Å²) in [7, 11) is 0. The van der Waals surface area contributed by atoms with Crippen molar-refractivity contribution in [3.05, 3.63) is 59.7 Å². The lowest BCUT2D eigenvalue weighted by molar-refractivity contribution is 1.06. The molecule has 0 saturated heterocycles. The average molecular weight is 240 g/mol. The minimum Gasteiger partial charge on any atom is -0.397 e. The average Bonchev–Trinajstić information content (AvgIpc) is 2.40. The molecule has 0 fully saturated rings. The van der Waals surface area contributed by atoms with Gasteiger partial charge in [-0.3, -0.25) is 4.99 Å². The number of aliphatic imine (C=N–C) groups is 1. The van der Waals surface area contributed by atoms with Crippen LogP contribution in [0.15, 0.2) is 53.5 Å². The fourth-order valence-corrected chi connectivity index (χ4v) is 1.59. The predicted molar refractivity (Wildman–Crippen MR) is 76.1 cm³/mol. The second kappa shape index (κ2) is 5.23. The molecule has 0 spiro atoms. The van der Waals surface area contributed by atoms with Gasteiger partial charge in [0.2, 0.25) is 0 Å². The number of nitrogens with zero attached hydrogens (tertiary/aromatic N) is 1. The number of benzene rings is 2. The van der Waals surface area contributed by atoms with E-state index in [0.29, 0.717) is 23.8 Å². The molecular formula is C14H16N4. The Bertz CT molecular complexity index is 561. The number of rotatable bonds is 3. The van der Waals surface area contributed by atoms with Crippen molar-refractivity contribution in [3.63, 3.8) is 0 Å². The molecule has 2 aromatic rings. The van der Waals surface area contributed by atoms with E-state index in [2.05, 4.69) is 4.99 Å². The van der Waals surface area contributed by atoms with Crippen LogP contribution >= 0.6 is 0 Å². The van der Waals surface area contributed by atoms with Crippen molar-refractivity contribution in [2.75, 3.05) is 11.5 Å². The Morgan fingerprint density at radius 3 is 2.33 bits per heavy atom. The molecule has 18 heavy (non-hydrogen) atoms. The van der Waals surface area contributed by atoms with Crippen LogP contribution in [0.2, 0.25) is 0 Å². The summed E-state index contributed by atoms with van der Waals surface area (Å²) in [6.07, 6.45) is 0. The summed E-state index contributed by atoms with van der Waals surface area (Å²) in [6, 6.07) is 15.2. The summed E-state index contributed by atoms with van der Waals surface area (Å²) in [5.74, 6) is 0.463. The zero-order valence-electron chi connectivity index (χ0n) is 10.0. The van der Waals surface area contributed by atoms with Gasteiger partial charge in [0.25, 0.3) is 0 Å². The van der Waals surface area contributed by atoms with Gasteiger partial charge in [0.1, 0.15) is 5.84 Å². The van der Waals surface area contributed by atoms with Gasteiger partial charge in [-0.05, 0) is 23.8 Å².